The number of hydrazone groups is 1. The third-order valence-corrected chi connectivity index (χ3v) is 8.79. The van der Waals surface area contributed by atoms with E-state index in [0.717, 1.165) is 45.2 Å². The summed E-state index contributed by atoms with van der Waals surface area (Å²) in [6.07, 6.45) is 2.00. The van der Waals surface area contributed by atoms with Crippen LogP contribution in [-0.2, 0) is 11.3 Å². The predicted octanol–water partition coefficient (Wildman–Crippen LogP) is 5.89. The minimum absolute atomic E-state index is 0.0633. The monoisotopic (exact) mass is 650 g/mol. The summed E-state index contributed by atoms with van der Waals surface area (Å²) in [5.74, 6) is 1.73. The highest BCUT2D eigenvalue weighted by Crippen LogP contribution is 2.35. The smallest absolute Gasteiger partial charge is 0.287 e. The Kier molecular flexibility index (Phi) is 9.39. The van der Waals surface area contributed by atoms with Gasteiger partial charge in [-0.2, -0.15) is 5.10 Å². The Morgan fingerprint density at radius 1 is 0.957 bits per heavy atom. The molecule has 1 aliphatic heterocycles. The van der Waals surface area contributed by atoms with Crippen LogP contribution in [0.5, 0.6) is 11.5 Å². The van der Waals surface area contributed by atoms with Crippen molar-refractivity contribution >= 4 is 29.3 Å². The number of benzene rings is 3. The van der Waals surface area contributed by atoms with Crippen LogP contribution in [0.4, 0.5) is 0 Å². The van der Waals surface area contributed by atoms with E-state index in [1.807, 2.05) is 85.1 Å². The molecule has 0 saturated carbocycles. The number of thioether (sulfide) groups is 1. The van der Waals surface area contributed by atoms with Gasteiger partial charge >= 0.3 is 0 Å². The molecule has 1 aliphatic rings. The topological polar surface area (TPSA) is 124 Å². The lowest BCUT2D eigenvalue weighted by Gasteiger charge is -2.22. The number of aryl methyl sites for hydroxylation is 2. The molecule has 0 spiro atoms. The Hall–Kier alpha value is -5.36. The zero-order valence-corrected chi connectivity index (χ0v) is 27.3. The number of amides is 2. The maximum Gasteiger partial charge on any atom is 0.287 e. The summed E-state index contributed by atoms with van der Waals surface area (Å²) in [7, 11) is 3.25. The minimum Gasteiger partial charge on any atom is -0.497 e. The minimum atomic E-state index is -0.362. The molecule has 0 unspecified atom stereocenters. The van der Waals surface area contributed by atoms with Crippen LogP contribution in [0.2, 0.25) is 0 Å². The fourth-order valence-electron chi connectivity index (χ4n) is 5.34. The van der Waals surface area contributed by atoms with Crippen LogP contribution in [-0.4, -0.2) is 57.3 Å². The molecule has 11 nitrogen and oxygen atoms in total. The van der Waals surface area contributed by atoms with Gasteiger partial charge in [0.05, 0.1) is 50.2 Å². The SMILES string of the molecule is COc1ccc(C2=NN(C(=O)CSc3nnc(CNC(=O)c4ccco4)n3-c3cc(C)ccc3C)[C@@H](c3ccc(OC)cc3)C2)cc1. The van der Waals surface area contributed by atoms with Gasteiger partial charge in [0.2, 0.25) is 0 Å². The number of ether oxygens (including phenoxy) is 2. The molecular formula is C35H34N6O5S. The summed E-state index contributed by atoms with van der Waals surface area (Å²) in [6.45, 7) is 4.11. The van der Waals surface area contributed by atoms with E-state index in [1.54, 1.807) is 31.4 Å². The maximum atomic E-state index is 14.0. The standard InChI is InChI=1S/C35H34N6O5S/c1-22-7-8-23(2)29(18-22)40-32(20-36-34(43)31-6-5-17-46-31)37-38-35(40)47-21-33(42)41-30(25-11-15-27(45-4)16-12-25)19-28(39-41)24-9-13-26(44-3)14-10-24/h5-18,30H,19-21H2,1-4H3,(H,36,43)/t30-/m1/s1. The van der Waals surface area contributed by atoms with Crippen LogP contribution >= 0.6 is 11.8 Å². The predicted molar refractivity (Wildman–Crippen MR) is 178 cm³/mol. The van der Waals surface area contributed by atoms with Crippen molar-refractivity contribution < 1.29 is 23.5 Å². The summed E-state index contributed by atoms with van der Waals surface area (Å²) in [6, 6.07) is 24.4. The average Bonchev–Trinajstić information content (AvgIpc) is 3.88. The highest BCUT2D eigenvalue weighted by atomic mass is 32.2. The van der Waals surface area contributed by atoms with Crippen molar-refractivity contribution in [2.75, 3.05) is 20.0 Å². The van der Waals surface area contributed by atoms with Crippen LogP contribution in [0.25, 0.3) is 5.69 Å². The van der Waals surface area contributed by atoms with Gasteiger partial charge in [0.1, 0.15) is 11.5 Å². The molecule has 0 fully saturated rings. The molecule has 0 aliphatic carbocycles. The maximum absolute atomic E-state index is 14.0. The lowest BCUT2D eigenvalue weighted by molar-refractivity contribution is -0.130. The van der Waals surface area contributed by atoms with E-state index < -0.39 is 0 Å². The third kappa shape index (κ3) is 6.92. The molecule has 2 aromatic heterocycles. The van der Waals surface area contributed by atoms with Crippen molar-refractivity contribution in [2.45, 2.75) is 38.0 Å². The van der Waals surface area contributed by atoms with E-state index in [-0.39, 0.29) is 35.9 Å². The van der Waals surface area contributed by atoms with Crippen LogP contribution in [0.15, 0.2) is 99.8 Å². The lowest BCUT2D eigenvalue weighted by atomic mass is 9.98. The molecule has 3 heterocycles. The van der Waals surface area contributed by atoms with Crippen molar-refractivity contribution in [1.29, 1.82) is 0 Å². The molecule has 0 bridgehead atoms. The molecule has 0 radical (unpaired) electrons. The number of rotatable bonds is 11. The fourth-order valence-corrected chi connectivity index (χ4v) is 6.16. The molecule has 12 heteroatoms. The van der Waals surface area contributed by atoms with Crippen LogP contribution in [0.1, 0.15) is 51.1 Å². The van der Waals surface area contributed by atoms with Gasteiger partial charge < -0.3 is 19.2 Å². The van der Waals surface area contributed by atoms with E-state index in [2.05, 4.69) is 15.5 Å². The zero-order chi connectivity index (χ0) is 32.9. The fraction of sp³-hybridized carbons (Fsp3) is 0.229. The summed E-state index contributed by atoms with van der Waals surface area (Å²) >= 11 is 1.27. The lowest BCUT2D eigenvalue weighted by Crippen LogP contribution is -2.28. The number of carbonyl (C=O) groups excluding carboxylic acids is 2. The van der Waals surface area contributed by atoms with Crippen LogP contribution < -0.4 is 14.8 Å². The second-order valence-corrected chi connectivity index (χ2v) is 11.9. The van der Waals surface area contributed by atoms with E-state index >= 15 is 0 Å². The number of nitrogens with one attached hydrogen (secondary N) is 1. The van der Waals surface area contributed by atoms with Gasteiger partial charge in [0, 0.05) is 6.42 Å². The highest BCUT2D eigenvalue weighted by molar-refractivity contribution is 7.99. The largest absolute Gasteiger partial charge is 0.497 e. The molecule has 6 rings (SSSR count). The summed E-state index contributed by atoms with van der Waals surface area (Å²) in [5, 5.41) is 18.6. The summed E-state index contributed by atoms with van der Waals surface area (Å²) in [4.78, 5) is 26.6. The normalized spacial score (nSPS) is 14.2. The van der Waals surface area contributed by atoms with Crippen molar-refractivity contribution in [2.24, 2.45) is 5.10 Å². The third-order valence-electron chi connectivity index (χ3n) is 7.87. The van der Waals surface area contributed by atoms with Crippen LogP contribution in [0, 0.1) is 13.8 Å². The Labute approximate surface area is 276 Å². The Balaban J connectivity index is 1.27. The highest BCUT2D eigenvalue weighted by Gasteiger charge is 2.33. The van der Waals surface area contributed by atoms with Crippen molar-refractivity contribution in [3.63, 3.8) is 0 Å². The number of aromatic nitrogens is 3. The number of hydrogen-bond donors (Lipinski definition) is 1. The van der Waals surface area contributed by atoms with Crippen molar-refractivity contribution in [3.05, 3.63) is 119 Å². The molecule has 3 aromatic carbocycles. The van der Waals surface area contributed by atoms with E-state index in [1.165, 1.54) is 18.0 Å². The van der Waals surface area contributed by atoms with Gasteiger partial charge in [0.25, 0.3) is 11.8 Å². The molecule has 47 heavy (non-hydrogen) atoms. The molecular weight excluding hydrogens is 616 g/mol. The molecule has 240 valence electrons. The Morgan fingerprint density at radius 2 is 1.68 bits per heavy atom. The van der Waals surface area contributed by atoms with Crippen molar-refractivity contribution in [3.8, 4) is 17.2 Å². The van der Waals surface area contributed by atoms with Crippen molar-refractivity contribution in [1.82, 2.24) is 25.1 Å². The van der Waals surface area contributed by atoms with E-state index in [9.17, 15) is 9.59 Å². The quantitative estimate of drug-likeness (QED) is 0.176. The van der Waals surface area contributed by atoms with E-state index in [4.69, 9.17) is 19.0 Å². The number of methoxy groups -OCH3 is 2. The molecule has 1 N–H and O–H groups in total. The Morgan fingerprint density at radius 3 is 2.36 bits per heavy atom. The summed E-state index contributed by atoms with van der Waals surface area (Å²) in [5.41, 5.74) is 5.59. The second kappa shape index (κ2) is 14.0. The first-order valence-corrected chi connectivity index (χ1v) is 16.0. The molecule has 1 atom stereocenters. The number of furan rings is 1. The Bertz CT molecular complexity index is 1900. The van der Waals surface area contributed by atoms with Crippen LogP contribution in [0.3, 0.4) is 0 Å². The zero-order valence-electron chi connectivity index (χ0n) is 26.5. The molecule has 5 aromatic rings. The van der Waals surface area contributed by atoms with E-state index in [0.29, 0.717) is 17.4 Å². The first-order chi connectivity index (χ1) is 22.8. The second-order valence-electron chi connectivity index (χ2n) is 11.0. The van der Waals surface area contributed by atoms with Gasteiger partial charge in [-0.25, -0.2) is 5.01 Å². The molecule has 2 amide bonds. The van der Waals surface area contributed by atoms with Gasteiger partial charge in [-0.1, -0.05) is 36.0 Å². The number of hydrogen-bond acceptors (Lipinski definition) is 9. The van der Waals surface area contributed by atoms with Gasteiger partial charge in [-0.15, -0.1) is 10.2 Å². The first-order valence-electron chi connectivity index (χ1n) is 15.0. The summed E-state index contributed by atoms with van der Waals surface area (Å²) < 4.78 is 17.8. The van der Waals surface area contributed by atoms with Gasteiger partial charge in [-0.05, 0) is 90.7 Å². The average molecular weight is 651 g/mol. The van der Waals surface area contributed by atoms with Gasteiger partial charge in [0.15, 0.2) is 16.7 Å². The number of nitrogens with zero attached hydrogens (tertiary/aromatic N) is 5. The first kappa shape index (κ1) is 31.6. The van der Waals surface area contributed by atoms with Gasteiger partial charge in [-0.3, -0.25) is 14.2 Å². The molecule has 0 saturated heterocycles. The number of carbonyl (C=O) groups is 2.